The Balaban J connectivity index is 1.75. The fourth-order valence-electron chi connectivity index (χ4n) is 2.88. The Kier molecular flexibility index (Phi) is 5.56. The van der Waals surface area contributed by atoms with E-state index in [-0.39, 0.29) is 17.7 Å². The summed E-state index contributed by atoms with van der Waals surface area (Å²) in [5.41, 5.74) is 3.17. The first kappa shape index (κ1) is 19.0. The zero-order valence-corrected chi connectivity index (χ0v) is 16.7. The zero-order chi connectivity index (χ0) is 19.6. The molecule has 3 rings (SSSR count). The maximum absolute atomic E-state index is 12.8. The molecule has 6 heteroatoms. The molecular weight excluding hydrogens is 358 g/mol. The Bertz CT molecular complexity index is 994. The summed E-state index contributed by atoms with van der Waals surface area (Å²) in [7, 11) is 0. The van der Waals surface area contributed by atoms with E-state index < -0.39 is 6.04 Å². The second-order valence-electron chi connectivity index (χ2n) is 6.97. The molecule has 0 saturated carbocycles. The molecule has 0 spiro atoms. The highest BCUT2D eigenvalue weighted by Crippen LogP contribution is 2.25. The molecule has 0 aliphatic carbocycles. The number of hydrogen-bond acceptors (Lipinski definition) is 4. The van der Waals surface area contributed by atoms with Crippen LogP contribution < -0.4 is 10.6 Å². The van der Waals surface area contributed by atoms with Crippen LogP contribution in [0.5, 0.6) is 0 Å². The molecule has 2 aromatic carbocycles. The largest absolute Gasteiger partial charge is 0.340 e. The molecule has 5 nitrogen and oxygen atoms in total. The minimum atomic E-state index is -0.628. The topological polar surface area (TPSA) is 71.1 Å². The van der Waals surface area contributed by atoms with Crippen molar-refractivity contribution in [3.05, 3.63) is 58.6 Å². The van der Waals surface area contributed by atoms with Crippen molar-refractivity contribution in [1.82, 2.24) is 10.3 Å². The number of carbonyl (C=O) groups is 2. The molecule has 1 unspecified atom stereocenters. The minimum absolute atomic E-state index is 0.0480. The standard InChI is InChI=1S/C21H23N3O2S/c1-12(2)19(24-20(25)15-7-5-6-13(3)10-15)21(26)23-16-8-9-17-18(11-16)27-14(4)22-17/h5-12,19H,1-4H3,(H,23,26)(H,24,25). The van der Waals surface area contributed by atoms with Crippen LogP contribution in [0.3, 0.4) is 0 Å². The van der Waals surface area contributed by atoms with Crippen molar-refractivity contribution in [3.8, 4) is 0 Å². The van der Waals surface area contributed by atoms with Crippen molar-refractivity contribution >= 4 is 39.1 Å². The summed E-state index contributed by atoms with van der Waals surface area (Å²) in [4.78, 5) is 29.8. The quantitative estimate of drug-likeness (QED) is 0.692. The summed E-state index contributed by atoms with van der Waals surface area (Å²) in [6.07, 6.45) is 0. The van der Waals surface area contributed by atoms with Crippen molar-refractivity contribution < 1.29 is 9.59 Å². The second kappa shape index (κ2) is 7.88. The number of nitrogens with zero attached hydrogens (tertiary/aromatic N) is 1. The molecule has 0 fully saturated rings. The lowest BCUT2D eigenvalue weighted by molar-refractivity contribution is -0.118. The van der Waals surface area contributed by atoms with Crippen molar-refractivity contribution in [2.75, 3.05) is 5.32 Å². The van der Waals surface area contributed by atoms with Crippen LogP contribution in [0, 0.1) is 19.8 Å². The Labute approximate surface area is 162 Å². The summed E-state index contributed by atoms with van der Waals surface area (Å²) >= 11 is 1.59. The lowest BCUT2D eigenvalue weighted by Gasteiger charge is -2.22. The maximum atomic E-state index is 12.8. The third kappa shape index (κ3) is 4.52. The van der Waals surface area contributed by atoms with Gasteiger partial charge in [-0.05, 0) is 50.1 Å². The van der Waals surface area contributed by atoms with Gasteiger partial charge in [0.2, 0.25) is 5.91 Å². The van der Waals surface area contributed by atoms with Crippen LogP contribution in [0.25, 0.3) is 10.2 Å². The lowest BCUT2D eigenvalue weighted by atomic mass is 10.0. The van der Waals surface area contributed by atoms with Crippen LogP contribution in [0.2, 0.25) is 0 Å². The first-order valence-corrected chi connectivity index (χ1v) is 9.70. The molecule has 2 N–H and O–H groups in total. The molecule has 1 aromatic heterocycles. The van der Waals surface area contributed by atoms with Gasteiger partial charge >= 0.3 is 0 Å². The number of amides is 2. The van der Waals surface area contributed by atoms with E-state index in [4.69, 9.17) is 0 Å². The van der Waals surface area contributed by atoms with Gasteiger partial charge in [-0.1, -0.05) is 31.5 Å². The summed E-state index contributed by atoms with van der Waals surface area (Å²) in [5.74, 6) is -0.527. The molecular formula is C21H23N3O2S. The van der Waals surface area contributed by atoms with Gasteiger partial charge in [-0.3, -0.25) is 9.59 Å². The number of carbonyl (C=O) groups excluding carboxylic acids is 2. The molecule has 0 aliphatic heterocycles. The number of hydrogen-bond donors (Lipinski definition) is 2. The minimum Gasteiger partial charge on any atom is -0.340 e. The normalized spacial score (nSPS) is 12.2. The fraction of sp³-hybridized carbons (Fsp3) is 0.286. The number of aryl methyl sites for hydroxylation is 2. The van der Waals surface area contributed by atoms with E-state index in [1.54, 1.807) is 17.4 Å². The van der Waals surface area contributed by atoms with Gasteiger partial charge in [-0.25, -0.2) is 4.98 Å². The Morgan fingerprint density at radius 2 is 1.85 bits per heavy atom. The summed E-state index contributed by atoms with van der Waals surface area (Å²) in [6.45, 7) is 7.71. The van der Waals surface area contributed by atoms with Gasteiger partial charge in [-0.15, -0.1) is 11.3 Å². The number of aromatic nitrogens is 1. The second-order valence-corrected chi connectivity index (χ2v) is 8.20. The molecule has 3 aromatic rings. The summed E-state index contributed by atoms with van der Waals surface area (Å²) in [5, 5.41) is 6.76. The van der Waals surface area contributed by atoms with Crippen LogP contribution in [0.1, 0.15) is 34.8 Å². The molecule has 0 aliphatic rings. The maximum Gasteiger partial charge on any atom is 0.251 e. The first-order valence-electron chi connectivity index (χ1n) is 8.89. The average molecular weight is 382 g/mol. The number of fused-ring (bicyclic) bond motifs is 1. The van der Waals surface area contributed by atoms with Crippen molar-refractivity contribution in [2.45, 2.75) is 33.7 Å². The van der Waals surface area contributed by atoms with E-state index in [2.05, 4.69) is 15.6 Å². The van der Waals surface area contributed by atoms with Gasteiger partial charge < -0.3 is 10.6 Å². The Morgan fingerprint density at radius 3 is 2.56 bits per heavy atom. The monoisotopic (exact) mass is 381 g/mol. The third-order valence-electron chi connectivity index (χ3n) is 4.28. The van der Waals surface area contributed by atoms with Crippen LogP contribution in [-0.2, 0) is 4.79 Å². The zero-order valence-electron chi connectivity index (χ0n) is 15.9. The first-order chi connectivity index (χ1) is 12.8. The predicted molar refractivity (Wildman–Crippen MR) is 110 cm³/mol. The number of rotatable bonds is 5. The molecule has 0 bridgehead atoms. The highest BCUT2D eigenvalue weighted by atomic mass is 32.1. The smallest absolute Gasteiger partial charge is 0.251 e. The van der Waals surface area contributed by atoms with Crippen molar-refractivity contribution in [1.29, 1.82) is 0 Å². The highest BCUT2D eigenvalue weighted by molar-refractivity contribution is 7.18. The average Bonchev–Trinajstić information content (AvgIpc) is 2.98. The molecule has 1 atom stereocenters. The van der Waals surface area contributed by atoms with Gasteiger partial charge in [-0.2, -0.15) is 0 Å². The summed E-state index contributed by atoms with van der Waals surface area (Å²) in [6, 6.07) is 12.3. The Morgan fingerprint density at radius 1 is 1.07 bits per heavy atom. The van der Waals surface area contributed by atoms with E-state index in [1.165, 1.54) is 0 Å². The van der Waals surface area contributed by atoms with Gasteiger partial charge in [0, 0.05) is 11.3 Å². The number of benzene rings is 2. The van der Waals surface area contributed by atoms with Gasteiger partial charge in [0.05, 0.1) is 15.2 Å². The Hall–Kier alpha value is -2.73. The summed E-state index contributed by atoms with van der Waals surface area (Å²) < 4.78 is 1.02. The van der Waals surface area contributed by atoms with Crippen LogP contribution in [-0.4, -0.2) is 22.8 Å². The lowest BCUT2D eigenvalue weighted by Crippen LogP contribution is -2.47. The van der Waals surface area contributed by atoms with Gasteiger partial charge in [0.25, 0.3) is 5.91 Å². The van der Waals surface area contributed by atoms with Crippen molar-refractivity contribution in [2.24, 2.45) is 5.92 Å². The molecule has 140 valence electrons. The van der Waals surface area contributed by atoms with Gasteiger partial charge in [0.1, 0.15) is 6.04 Å². The van der Waals surface area contributed by atoms with Crippen LogP contribution in [0.15, 0.2) is 42.5 Å². The van der Waals surface area contributed by atoms with E-state index in [0.29, 0.717) is 11.3 Å². The van der Waals surface area contributed by atoms with Gasteiger partial charge in [0.15, 0.2) is 0 Å². The van der Waals surface area contributed by atoms with Crippen LogP contribution in [0.4, 0.5) is 5.69 Å². The molecule has 0 radical (unpaired) electrons. The molecule has 1 heterocycles. The number of anilines is 1. The molecule has 2 amide bonds. The number of thiazole rings is 1. The van der Waals surface area contributed by atoms with E-state index in [9.17, 15) is 9.59 Å². The van der Waals surface area contributed by atoms with E-state index >= 15 is 0 Å². The SMILES string of the molecule is Cc1cccc(C(=O)NC(C(=O)Nc2ccc3nc(C)sc3c2)C(C)C)c1. The molecule has 0 saturated heterocycles. The van der Waals surface area contributed by atoms with Crippen LogP contribution >= 0.6 is 11.3 Å². The highest BCUT2D eigenvalue weighted by Gasteiger charge is 2.25. The third-order valence-corrected chi connectivity index (χ3v) is 5.21. The van der Waals surface area contributed by atoms with E-state index in [1.807, 2.05) is 64.1 Å². The predicted octanol–water partition coefficient (Wildman–Crippen LogP) is 4.31. The number of nitrogens with one attached hydrogen (secondary N) is 2. The fourth-order valence-corrected chi connectivity index (χ4v) is 3.75. The molecule has 27 heavy (non-hydrogen) atoms. The van der Waals surface area contributed by atoms with E-state index in [0.717, 1.165) is 20.8 Å². The van der Waals surface area contributed by atoms with Crippen molar-refractivity contribution in [3.63, 3.8) is 0 Å².